The van der Waals surface area contributed by atoms with Crippen molar-refractivity contribution in [2.75, 3.05) is 0 Å². The van der Waals surface area contributed by atoms with Gasteiger partial charge < -0.3 is 5.11 Å². The molecule has 18 heavy (non-hydrogen) atoms. The van der Waals surface area contributed by atoms with Crippen LogP contribution in [0.25, 0.3) is 0 Å². The first-order chi connectivity index (χ1) is 8.54. The minimum Gasteiger partial charge on any atom is -0.515 e. The third-order valence-electron chi connectivity index (χ3n) is 3.01. The molecule has 0 unspecified atom stereocenters. The summed E-state index contributed by atoms with van der Waals surface area (Å²) in [4.78, 5) is 23.1. The zero-order valence-electron chi connectivity index (χ0n) is 9.32. The highest BCUT2D eigenvalue weighted by Gasteiger charge is 2.33. The third kappa shape index (κ3) is 2.03. The molecule has 0 radical (unpaired) electrons. The van der Waals surface area contributed by atoms with Gasteiger partial charge in [-0.05, 0) is 11.6 Å². The van der Waals surface area contributed by atoms with Crippen LogP contribution >= 0.6 is 0 Å². The van der Waals surface area contributed by atoms with Gasteiger partial charge in [0, 0.05) is 18.8 Å². The van der Waals surface area contributed by atoms with E-state index < -0.39 is 29.1 Å². The van der Waals surface area contributed by atoms with Crippen LogP contribution in [-0.4, -0.2) is 16.7 Å². The van der Waals surface area contributed by atoms with Gasteiger partial charge in [0.2, 0.25) is 0 Å². The molecule has 0 amide bonds. The number of Topliss-reactive ketones (excluding diaryl/α,β-unsaturated/α-hetero) is 2. The first-order valence-corrected chi connectivity index (χ1v) is 5.39. The van der Waals surface area contributed by atoms with Crippen LogP contribution in [-0.2, 0) is 9.59 Å². The predicted octanol–water partition coefficient (Wildman–Crippen LogP) is 2.42. The van der Waals surface area contributed by atoms with Gasteiger partial charge in [-0.3, -0.25) is 9.59 Å². The van der Waals surface area contributed by atoms with E-state index in [0.29, 0.717) is 6.26 Å². The fourth-order valence-electron chi connectivity index (χ4n) is 2.09. The summed E-state index contributed by atoms with van der Waals surface area (Å²) in [5, 5.41) is 8.75. The second kappa shape index (κ2) is 4.68. The lowest BCUT2D eigenvalue weighted by Gasteiger charge is -2.22. The zero-order chi connectivity index (χ0) is 13.3. The molecule has 0 aliphatic heterocycles. The molecule has 1 N–H and O–H groups in total. The van der Waals surface area contributed by atoms with Crippen LogP contribution in [0.4, 0.5) is 8.78 Å². The number of hydrogen-bond acceptors (Lipinski definition) is 3. The van der Waals surface area contributed by atoms with E-state index in [1.807, 2.05) is 0 Å². The van der Waals surface area contributed by atoms with Crippen molar-refractivity contribution in [3.8, 4) is 0 Å². The number of hydrogen-bond donors (Lipinski definition) is 1. The molecule has 3 nitrogen and oxygen atoms in total. The van der Waals surface area contributed by atoms with E-state index in [1.165, 1.54) is 12.1 Å². The van der Waals surface area contributed by atoms with Crippen molar-refractivity contribution in [2.24, 2.45) is 0 Å². The predicted molar refractivity (Wildman–Crippen MR) is 59.1 cm³/mol. The molecule has 1 aliphatic carbocycles. The second-order valence-corrected chi connectivity index (χ2v) is 4.14. The maximum atomic E-state index is 13.6. The summed E-state index contributed by atoms with van der Waals surface area (Å²) in [5.41, 5.74) is -0.253. The summed E-state index contributed by atoms with van der Waals surface area (Å²) in [7, 11) is 0. The Morgan fingerprint density at radius 2 is 1.78 bits per heavy atom. The van der Waals surface area contributed by atoms with Crippen LogP contribution in [0, 0.1) is 11.6 Å². The lowest BCUT2D eigenvalue weighted by atomic mass is 9.80. The Hall–Kier alpha value is -2.04. The lowest BCUT2D eigenvalue weighted by molar-refractivity contribution is -0.124. The van der Waals surface area contributed by atoms with Crippen molar-refractivity contribution in [3.63, 3.8) is 0 Å². The van der Waals surface area contributed by atoms with Gasteiger partial charge in [-0.25, -0.2) is 8.78 Å². The summed E-state index contributed by atoms with van der Waals surface area (Å²) >= 11 is 0. The Morgan fingerprint density at radius 1 is 1.17 bits per heavy atom. The fourth-order valence-corrected chi connectivity index (χ4v) is 2.09. The van der Waals surface area contributed by atoms with Crippen molar-refractivity contribution in [1.82, 2.24) is 0 Å². The SMILES string of the molecule is O=C1CC(c2cccc(F)c2F)CC(=O)C1=CO. The van der Waals surface area contributed by atoms with Gasteiger partial charge >= 0.3 is 0 Å². The largest absolute Gasteiger partial charge is 0.515 e. The molecule has 0 atom stereocenters. The molecule has 0 spiro atoms. The monoisotopic (exact) mass is 252 g/mol. The Labute approximate surface area is 102 Å². The van der Waals surface area contributed by atoms with Crippen molar-refractivity contribution in [2.45, 2.75) is 18.8 Å². The average Bonchev–Trinajstić information content (AvgIpc) is 2.32. The van der Waals surface area contributed by atoms with E-state index in [-0.39, 0.29) is 24.0 Å². The summed E-state index contributed by atoms with van der Waals surface area (Å²) < 4.78 is 26.6. The number of ketones is 2. The van der Waals surface area contributed by atoms with Gasteiger partial charge in [0.1, 0.15) is 0 Å². The van der Waals surface area contributed by atoms with Crippen LogP contribution in [0.3, 0.4) is 0 Å². The number of aliphatic hydroxyl groups excluding tert-OH is 1. The van der Waals surface area contributed by atoms with E-state index in [4.69, 9.17) is 5.11 Å². The Kier molecular flexibility index (Phi) is 3.23. The first-order valence-electron chi connectivity index (χ1n) is 5.39. The molecule has 5 heteroatoms. The highest BCUT2D eigenvalue weighted by Crippen LogP contribution is 2.33. The average molecular weight is 252 g/mol. The molecule has 1 aromatic rings. The quantitative estimate of drug-likeness (QED) is 0.474. The van der Waals surface area contributed by atoms with Gasteiger partial charge in [-0.2, -0.15) is 0 Å². The third-order valence-corrected chi connectivity index (χ3v) is 3.01. The number of rotatable bonds is 1. The number of benzene rings is 1. The number of aliphatic hydroxyl groups is 1. The molecule has 0 aromatic heterocycles. The summed E-state index contributed by atoms with van der Waals surface area (Å²) in [6, 6.07) is 3.67. The lowest BCUT2D eigenvalue weighted by Crippen LogP contribution is -2.25. The van der Waals surface area contributed by atoms with Crippen molar-refractivity contribution in [3.05, 3.63) is 47.2 Å². The van der Waals surface area contributed by atoms with E-state index in [1.54, 1.807) is 0 Å². The molecule has 2 rings (SSSR count). The van der Waals surface area contributed by atoms with Gasteiger partial charge in [0.05, 0.1) is 11.8 Å². The Balaban J connectivity index is 2.34. The molecular weight excluding hydrogens is 242 g/mol. The highest BCUT2D eigenvalue weighted by atomic mass is 19.2. The van der Waals surface area contributed by atoms with Crippen LogP contribution in [0.5, 0.6) is 0 Å². The van der Waals surface area contributed by atoms with Crippen molar-refractivity contribution in [1.29, 1.82) is 0 Å². The number of carbonyl (C=O) groups is 2. The first kappa shape index (κ1) is 12.4. The van der Waals surface area contributed by atoms with Gasteiger partial charge in [-0.1, -0.05) is 12.1 Å². The number of halogens is 2. The molecule has 94 valence electrons. The Bertz CT molecular complexity index is 529. The summed E-state index contributed by atoms with van der Waals surface area (Å²) in [6.45, 7) is 0. The van der Waals surface area contributed by atoms with Crippen LogP contribution in [0.1, 0.15) is 24.3 Å². The highest BCUT2D eigenvalue weighted by molar-refractivity contribution is 6.22. The normalized spacial score (nSPS) is 20.1. The molecule has 0 bridgehead atoms. The zero-order valence-corrected chi connectivity index (χ0v) is 9.32. The second-order valence-electron chi connectivity index (χ2n) is 4.14. The van der Waals surface area contributed by atoms with Crippen LogP contribution < -0.4 is 0 Å². The maximum Gasteiger partial charge on any atom is 0.170 e. The van der Waals surface area contributed by atoms with E-state index in [2.05, 4.69) is 0 Å². The summed E-state index contributed by atoms with van der Waals surface area (Å²) in [5.74, 6) is -3.82. The fraction of sp³-hybridized carbons (Fsp3) is 0.231. The van der Waals surface area contributed by atoms with E-state index >= 15 is 0 Å². The van der Waals surface area contributed by atoms with Crippen LogP contribution in [0.15, 0.2) is 30.0 Å². The molecule has 1 saturated carbocycles. The molecule has 1 aromatic carbocycles. The number of allylic oxidation sites excluding steroid dienone is 1. The summed E-state index contributed by atoms with van der Waals surface area (Å²) in [6.07, 6.45) is 0.250. The van der Waals surface area contributed by atoms with E-state index in [9.17, 15) is 18.4 Å². The maximum absolute atomic E-state index is 13.6. The molecule has 1 aliphatic rings. The molecular formula is C13H10F2O3. The molecule has 0 saturated heterocycles. The minimum atomic E-state index is -1.03. The smallest absolute Gasteiger partial charge is 0.170 e. The van der Waals surface area contributed by atoms with Crippen LogP contribution in [0.2, 0.25) is 0 Å². The topological polar surface area (TPSA) is 54.4 Å². The van der Waals surface area contributed by atoms with Gasteiger partial charge in [0.15, 0.2) is 23.2 Å². The molecule has 1 fully saturated rings. The van der Waals surface area contributed by atoms with Gasteiger partial charge in [-0.15, -0.1) is 0 Å². The number of carbonyl (C=O) groups excluding carboxylic acids is 2. The minimum absolute atomic E-state index is 0.0219. The van der Waals surface area contributed by atoms with Gasteiger partial charge in [0.25, 0.3) is 0 Å². The Morgan fingerprint density at radius 3 is 2.33 bits per heavy atom. The van der Waals surface area contributed by atoms with E-state index in [0.717, 1.165) is 6.07 Å². The standard InChI is InChI=1S/C13H10F2O3/c14-10-3-1-2-8(13(10)15)7-4-11(17)9(6-16)12(18)5-7/h1-3,6-7,16H,4-5H2. The van der Waals surface area contributed by atoms with Crippen molar-refractivity contribution < 1.29 is 23.5 Å². The van der Waals surface area contributed by atoms with Crippen molar-refractivity contribution >= 4 is 11.6 Å². The molecule has 0 heterocycles.